The van der Waals surface area contributed by atoms with Gasteiger partial charge in [-0.25, -0.2) is 0 Å². The Morgan fingerprint density at radius 1 is 1.11 bits per heavy atom. The van der Waals surface area contributed by atoms with Crippen molar-refractivity contribution < 1.29 is 30.0 Å². The Morgan fingerprint density at radius 3 is 2.36 bits per heavy atom. The number of aliphatic hydroxyl groups excluding tert-OH is 2. The van der Waals surface area contributed by atoms with E-state index >= 15 is 0 Å². The summed E-state index contributed by atoms with van der Waals surface area (Å²) in [6.07, 6.45) is 0.0633. The molecule has 0 aromatic rings. The number of hydrogen-bond donors (Lipinski definition) is 4. The van der Waals surface area contributed by atoms with Gasteiger partial charge in [-0.2, -0.15) is 0 Å². The smallest absolute Gasteiger partial charge is 0.302 e. The maximum Gasteiger partial charge on any atom is 0.302 e. The summed E-state index contributed by atoms with van der Waals surface area (Å²) in [5.41, 5.74) is -3.26. The first-order valence-corrected chi connectivity index (χ1v) is 10.5. The molecule has 4 aliphatic carbocycles. The molecule has 0 amide bonds. The lowest BCUT2D eigenvalue weighted by Gasteiger charge is -2.47. The summed E-state index contributed by atoms with van der Waals surface area (Å²) < 4.78 is 5.77. The Balaban J connectivity index is 1.86. The van der Waals surface area contributed by atoms with E-state index in [9.17, 15) is 25.2 Å². The van der Waals surface area contributed by atoms with Crippen LogP contribution >= 0.6 is 0 Å². The highest BCUT2D eigenvalue weighted by atomic mass is 16.5. The molecule has 2 bridgehead atoms. The molecule has 0 heterocycles. The minimum Gasteiger partial charge on any atom is -0.462 e. The van der Waals surface area contributed by atoms with E-state index in [1.165, 1.54) is 6.92 Å². The summed E-state index contributed by atoms with van der Waals surface area (Å²) in [6, 6.07) is 0. The van der Waals surface area contributed by atoms with E-state index in [0.717, 1.165) is 12.0 Å². The van der Waals surface area contributed by atoms with E-state index < -0.39 is 52.2 Å². The highest BCUT2D eigenvalue weighted by Gasteiger charge is 2.73. The predicted molar refractivity (Wildman–Crippen MR) is 102 cm³/mol. The third kappa shape index (κ3) is 2.26. The zero-order valence-corrected chi connectivity index (χ0v) is 17.3. The maximum absolute atomic E-state index is 11.9. The Kier molecular flexibility index (Phi) is 4.22. The summed E-state index contributed by atoms with van der Waals surface area (Å²) in [6.45, 7) is 11.1. The summed E-state index contributed by atoms with van der Waals surface area (Å²) >= 11 is 0. The molecule has 158 valence electrons. The fourth-order valence-electron chi connectivity index (χ4n) is 7.57. The Morgan fingerprint density at radius 2 is 1.75 bits per heavy atom. The van der Waals surface area contributed by atoms with Crippen LogP contribution in [0.4, 0.5) is 0 Å². The Bertz CT molecular complexity index is 714. The van der Waals surface area contributed by atoms with E-state index in [-0.39, 0.29) is 18.3 Å². The average Bonchev–Trinajstić information content (AvgIpc) is 2.79. The molecule has 0 aromatic heterocycles. The largest absolute Gasteiger partial charge is 0.462 e. The van der Waals surface area contributed by atoms with Crippen LogP contribution in [0.1, 0.15) is 59.8 Å². The number of fused-ring (bicyclic) bond motifs is 2. The zero-order chi connectivity index (χ0) is 20.9. The minimum atomic E-state index is -1.51. The maximum atomic E-state index is 11.9. The van der Waals surface area contributed by atoms with Gasteiger partial charge in [0.05, 0.1) is 17.8 Å². The molecule has 4 aliphatic rings. The van der Waals surface area contributed by atoms with E-state index in [4.69, 9.17) is 4.74 Å². The molecular formula is C22H34O6. The van der Waals surface area contributed by atoms with Crippen LogP contribution in [0.2, 0.25) is 0 Å². The molecule has 6 nitrogen and oxygen atoms in total. The van der Waals surface area contributed by atoms with Crippen molar-refractivity contribution in [3.05, 3.63) is 12.2 Å². The van der Waals surface area contributed by atoms with Crippen LogP contribution in [0.15, 0.2) is 12.2 Å². The standard InChI is InChI=1S/C22H34O6/c1-11-13-6-7-14-18(28-12(2)23)21(13,10-20(14,5)26)9-17(25)22(27)15(11)8-16(24)19(22,3)4/h13-18,24-27H,1,6-10H2,2-5H3/t13-,14+,15+,16-,17+,18+,20+,21-,22-/m0/s1. The van der Waals surface area contributed by atoms with Crippen LogP contribution in [0.3, 0.4) is 0 Å². The minimum absolute atomic E-state index is 0.0863. The molecule has 1 spiro atoms. The van der Waals surface area contributed by atoms with E-state index in [1.54, 1.807) is 20.8 Å². The molecule has 4 fully saturated rings. The topological polar surface area (TPSA) is 107 Å². The highest BCUT2D eigenvalue weighted by Crippen LogP contribution is 2.69. The Labute approximate surface area is 166 Å². The van der Waals surface area contributed by atoms with Crippen molar-refractivity contribution in [2.24, 2.45) is 28.6 Å². The lowest BCUT2D eigenvalue weighted by Crippen LogP contribution is -2.57. The average molecular weight is 395 g/mol. The van der Waals surface area contributed by atoms with Gasteiger partial charge in [0.1, 0.15) is 11.7 Å². The van der Waals surface area contributed by atoms with Crippen LogP contribution < -0.4 is 0 Å². The summed E-state index contributed by atoms with van der Waals surface area (Å²) in [5.74, 6) is -1.11. The molecule has 0 radical (unpaired) electrons. The van der Waals surface area contributed by atoms with Crippen LogP contribution in [-0.4, -0.2) is 55.9 Å². The molecule has 9 atom stereocenters. The first kappa shape index (κ1) is 20.3. The van der Waals surface area contributed by atoms with Gasteiger partial charge in [-0.05, 0) is 44.9 Å². The number of carbonyl (C=O) groups excluding carboxylic acids is 1. The van der Waals surface area contributed by atoms with Crippen molar-refractivity contribution in [3.8, 4) is 0 Å². The summed E-state index contributed by atoms with van der Waals surface area (Å²) in [5, 5.41) is 44.9. The molecular weight excluding hydrogens is 360 g/mol. The SMILES string of the molecule is C=C1[C@H]2C[C@H](O)C(C)(C)[C@@]2(O)[C@H](O)C[C@]23C[C@@](C)(O)[C@H](CC[C@@H]12)[C@H]3OC(C)=O. The van der Waals surface area contributed by atoms with Gasteiger partial charge in [0, 0.05) is 29.6 Å². The van der Waals surface area contributed by atoms with Crippen LogP contribution in [-0.2, 0) is 9.53 Å². The van der Waals surface area contributed by atoms with Gasteiger partial charge in [-0.1, -0.05) is 26.0 Å². The molecule has 28 heavy (non-hydrogen) atoms. The van der Waals surface area contributed by atoms with Gasteiger partial charge in [-0.15, -0.1) is 0 Å². The first-order chi connectivity index (χ1) is 12.8. The second kappa shape index (κ2) is 5.81. The molecule has 0 aromatic carbocycles. The van der Waals surface area contributed by atoms with Crippen molar-refractivity contribution in [1.29, 1.82) is 0 Å². The summed E-state index contributed by atoms with van der Waals surface area (Å²) in [7, 11) is 0. The highest BCUT2D eigenvalue weighted by molar-refractivity contribution is 5.66. The van der Waals surface area contributed by atoms with Gasteiger partial charge in [-0.3, -0.25) is 4.79 Å². The van der Waals surface area contributed by atoms with Crippen LogP contribution in [0.25, 0.3) is 0 Å². The van der Waals surface area contributed by atoms with E-state index in [1.807, 2.05) is 0 Å². The zero-order valence-electron chi connectivity index (χ0n) is 17.3. The second-order valence-electron chi connectivity index (χ2n) is 10.7. The van der Waals surface area contributed by atoms with Gasteiger partial charge in [0.2, 0.25) is 0 Å². The molecule has 6 heteroatoms. The van der Waals surface area contributed by atoms with Gasteiger partial charge < -0.3 is 25.2 Å². The molecule has 4 N–H and O–H groups in total. The predicted octanol–water partition coefficient (Wildman–Crippen LogP) is 1.54. The van der Waals surface area contributed by atoms with Crippen molar-refractivity contribution in [1.82, 2.24) is 0 Å². The fourth-order valence-corrected chi connectivity index (χ4v) is 7.57. The number of rotatable bonds is 1. The number of esters is 1. The third-order valence-electron chi connectivity index (χ3n) is 9.00. The molecule has 0 aliphatic heterocycles. The Hall–Kier alpha value is -0.950. The van der Waals surface area contributed by atoms with Crippen molar-refractivity contribution in [2.75, 3.05) is 0 Å². The lowest BCUT2D eigenvalue weighted by atomic mass is 9.61. The van der Waals surface area contributed by atoms with Gasteiger partial charge in [0.25, 0.3) is 0 Å². The summed E-state index contributed by atoms with van der Waals surface area (Å²) in [4.78, 5) is 11.9. The first-order valence-electron chi connectivity index (χ1n) is 10.5. The van der Waals surface area contributed by atoms with Crippen molar-refractivity contribution >= 4 is 5.97 Å². The molecule has 4 saturated carbocycles. The lowest BCUT2D eigenvalue weighted by molar-refractivity contribution is -0.181. The van der Waals surface area contributed by atoms with Crippen molar-refractivity contribution in [2.45, 2.75) is 89.3 Å². The third-order valence-corrected chi connectivity index (χ3v) is 9.00. The number of ether oxygens (including phenoxy) is 1. The molecule has 0 unspecified atom stereocenters. The van der Waals surface area contributed by atoms with E-state index in [2.05, 4.69) is 6.58 Å². The monoisotopic (exact) mass is 394 g/mol. The normalized spacial score (nSPS) is 54.6. The number of hydrogen-bond acceptors (Lipinski definition) is 6. The van der Waals surface area contributed by atoms with Gasteiger partial charge >= 0.3 is 5.97 Å². The van der Waals surface area contributed by atoms with E-state index in [0.29, 0.717) is 19.3 Å². The van der Waals surface area contributed by atoms with Gasteiger partial charge in [0.15, 0.2) is 0 Å². The second-order valence-corrected chi connectivity index (χ2v) is 10.7. The molecule has 4 rings (SSSR count). The van der Waals surface area contributed by atoms with Crippen LogP contribution in [0.5, 0.6) is 0 Å². The number of carbonyl (C=O) groups is 1. The number of aliphatic hydroxyl groups is 4. The van der Waals surface area contributed by atoms with Crippen molar-refractivity contribution in [3.63, 3.8) is 0 Å². The quantitative estimate of drug-likeness (QED) is 0.397. The van der Waals surface area contributed by atoms with Crippen LogP contribution in [0, 0.1) is 28.6 Å². The molecule has 0 saturated heterocycles. The fraction of sp³-hybridized carbons (Fsp3) is 0.864.